The average Bonchev–Trinajstić information content (AvgIpc) is 2.61. The predicted molar refractivity (Wildman–Crippen MR) is 54.3 cm³/mol. The predicted octanol–water partition coefficient (Wildman–Crippen LogP) is 2.54. The zero-order valence-electron chi connectivity index (χ0n) is 7.58. The van der Waals surface area contributed by atoms with Crippen molar-refractivity contribution in [2.24, 2.45) is 0 Å². The smallest absolute Gasteiger partial charge is 0.141 e. The number of hydrogen-bond acceptors (Lipinski definition) is 3. The summed E-state index contributed by atoms with van der Waals surface area (Å²) in [7, 11) is 1.55. The summed E-state index contributed by atoms with van der Waals surface area (Å²) in [5.74, 6) is 0.346. The van der Waals surface area contributed by atoms with Crippen LogP contribution in [0.2, 0.25) is 0 Å². The lowest BCUT2D eigenvalue weighted by molar-refractivity contribution is 0.281. The van der Waals surface area contributed by atoms with Crippen molar-refractivity contribution in [3.05, 3.63) is 28.9 Å². The minimum absolute atomic E-state index is 0.161. The molecule has 2 aromatic rings. The van der Waals surface area contributed by atoms with Crippen molar-refractivity contribution in [3.8, 4) is 5.75 Å². The van der Waals surface area contributed by atoms with Gasteiger partial charge in [0.2, 0.25) is 0 Å². The number of benzene rings is 1. The number of aliphatic hydroxyl groups is 1. The molecule has 2 nitrogen and oxygen atoms in total. The first-order valence-electron chi connectivity index (χ1n) is 4.10. The molecule has 74 valence electrons. The van der Waals surface area contributed by atoms with Crippen LogP contribution in [0.1, 0.15) is 5.56 Å². The highest BCUT2D eigenvalue weighted by atomic mass is 32.1. The fourth-order valence-electron chi connectivity index (χ4n) is 1.38. The molecule has 0 unspecified atom stereocenters. The van der Waals surface area contributed by atoms with Gasteiger partial charge in [-0.1, -0.05) is 0 Å². The Bertz CT molecular complexity index is 464. The maximum Gasteiger partial charge on any atom is 0.141 e. The zero-order valence-corrected chi connectivity index (χ0v) is 8.40. The van der Waals surface area contributed by atoms with E-state index in [-0.39, 0.29) is 12.4 Å². The molecule has 4 heteroatoms. The van der Waals surface area contributed by atoms with Gasteiger partial charge in [0.05, 0.1) is 18.4 Å². The topological polar surface area (TPSA) is 29.5 Å². The number of aliphatic hydroxyl groups excluding tert-OH is 1. The fraction of sp³-hybridized carbons (Fsp3) is 0.200. The van der Waals surface area contributed by atoms with Crippen molar-refractivity contribution in [2.45, 2.75) is 6.61 Å². The van der Waals surface area contributed by atoms with Crippen LogP contribution in [0.4, 0.5) is 4.39 Å². The highest BCUT2D eigenvalue weighted by Crippen LogP contribution is 2.34. The van der Waals surface area contributed by atoms with E-state index in [4.69, 9.17) is 9.84 Å². The lowest BCUT2D eigenvalue weighted by Crippen LogP contribution is -1.86. The van der Waals surface area contributed by atoms with Gasteiger partial charge in [-0.15, -0.1) is 11.3 Å². The molecule has 1 aromatic carbocycles. The molecule has 0 aliphatic rings. The van der Waals surface area contributed by atoms with E-state index in [1.165, 1.54) is 17.4 Å². The van der Waals surface area contributed by atoms with Crippen molar-refractivity contribution < 1.29 is 14.2 Å². The molecule has 0 saturated carbocycles. The van der Waals surface area contributed by atoms with Crippen LogP contribution in [0.3, 0.4) is 0 Å². The number of halogens is 1. The number of hydrogen-bond donors (Lipinski definition) is 1. The molecule has 1 heterocycles. The van der Waals surface area contributed by atoms with Gasteiger partial charge in [0.1, 0.15) is 11.6 Å². The molecule has 1 N–H and O–H groups in total. The molecule has 0 bridgehead atoms. The highest BCUT2D eigenvalue weighted by Gasteiger charge is 2.09. The van der Waals surface area contributed by atoms with Crippen LogP contribution >= 0.6 is 11.3 Å². The highest BCUT2D eigenvalue weighted by molar-refractivity contribution is 7.17. The summed E-state index contributed by atoms with van der Waals surface area (Å²) in [5.41, 5.74) is 0.562. The average molecular weight is 212 g/mol. The number of thiophene rings is 1. The van der Waals surface area contributed by atoms with Gasteiger partial charge in [0.15, 0.2) is 0 Å². The third kappa shape index (κ3) is 1.36. The van der Waals surface area contributed by atoms with E-state index >= 15 is 0 Å². The standard InChI is InChI=1S/C10H9FO2S/c1-13-9-5-14-10-7(9)2-6(4-12)3-8(10)11/h2-3,5,12H,4H2,1H3. The van der Waals surface area contributed by atoms with Gasteiger partial charge in [0, 0.05) is 10.8 Å². The van der Waals surface area contributed by atoms with Crippen LogP contribution in [0, 0.1) is 5.82 Å². The van der Waals surface area contributed by atoms with Crippen molar-refractivity contribution >= 4 is 21.4 Å². The molecule has 0 aliphatic carbocycles. The normalized spacial score (nSPS) is 10.8. The van der Waals surface area contributed by atoms with Crippen LogP contribution in [-0.4, -0.2) is 12.2 Å². The molecule has 2 rings (SSSR count). The zero-order chi connectivity index (χ0) is 10.1. The first-order chi connectivity index (χ1) is 6.76. The number of fused-ring (bicyclic) bond motifs is 1. The van der Waals surface area contributed by atoms with Crippen molar-refractivity contribution in [3.63, 3.8) is 0 Å². The van der Waals surface area contributed by atoms with E-state index in [9.17, 15) is 4.39 Å². The van der Waals surface area contributed by atoms with E-state index in [0.717, 1.165) is 5.39 Å². The first-order valence-corrected chi connectivity index (χ1v) is 4.98. The molecular weight excluding hydrogens is 203 g/mol. The summed E-state index contributed by atoms with van der Waals surface area (Å²) in [6, 6.07) is 3.09. The molecule has 0 fully saturated rings. The SMILES string of the molecule is COc1csc2c(F)cc(CO)cc12. The molecule has 0 amide bonds. The van der Waals surface area contributed by atoms with Crippen molar-refractivity contribution in [2.75, 3.05) is 7.11 Å². The number of rotatable bonds is 2. The molecule has 0 spiro atoms. The van der Waals surface area contributed by atoms with E-state index in [0.29, 0.717) is 16.0 Å². The Morgan fingerprint density at radius 3 is 2.93 bits per heavy atom. The number of methoxy groups -OCH3 is 1. The molecule has 0 saturated heterocycles. The Kier molecular flexibility index (Phi) is 2.39. The Hall–Kier alpha value is -1.13. The quantitative estimate of drug-likeness (QED) is 0.829. The van der Waals surface area contributed by atoms with Gasteiger partial charge in [-0.2, -0.15) is 0 Å². The second kappa shape index (κ2) is 3.55. The van der Waals surface area contributed by atoms with Gasteiger partial charge >= 0.3 is 0 Å². The maximum absolute atomic E-state index is 13.4. The Labute approximate surface area is 84.6 Å². The summed E-state index contributed by atoms with van der Waals surface area (Å²) in [5, 5.41) is 11.4. The van der Waals surface area contributed by atoms with Crippen LogP contribution in [0.25, 0.3) is 10.1 Å². The molecule has 0 aliphatic heterocycles. The second-order valence-electron chi connectivity index (χ2n) is 2.92. The molecule has 14 heavy (non-hydrogen) atoms. The Morgan fingerprint density at radius 1 is 1.50 bits per heavy atom. The summed E-state index contributed by atoms with van der Waals surface area (Å²) in [6.45, 7) is -0.161. The summed E-state index contributed by atoms with van der Waals surface area (Å²) < 4.78 is 19.1. The van der Waals surface area contributed by atoms with E-state index in [2.05, 4.69) is 0 Å². The lowest BCUT2D eigenvalue weighted by Gasteiger charge is -2.00. The van der Waals surface area contributed by atoms with Crippen LogP contribution < -0.4 is 4.74 Å². The van der Waals surface area contributed by atoms with Gasteiger partial charge in [0.25, 0.3) is 0 Å². The Morgan fingerprint density at radius 2 is 2.29 bits per heavy atom. The van der Waals surface area contributed by atoms with E-state index < -0.39 is 0 Å². The van der Waals surface area contributed by atoms with Crippen LogP contribution in [0.5, 0.6) is 5.75 Å². The third-order valence-corrected chi connectivity index (χ3v) is 3.04. The minimum atomic E-state index is -0.306. The maximum atomic E-state index is 13.4. The second-order valence-corrected chi connectivity index (χ2v) is 3.80. The van der Waals surface area contributed by atoms with Crippen molar-refractivity contribution in [1.82, 2.24) is 0 Å². The van der Waals surface area contributed by atoms with Gasteiger partial charge in [-0.3, -0.25) is 0 Å². The fourth-order valence-corrected chi connectivity index (χ4v) is 2.28. The summed E-state index contributed by atoms with van der Waals surface area (Å²) in [6.07, 6.45) is 0. The monoisotopic (exact) mass is 212 g/mol. The third-order valence-electron chi connectivity index (χ3n) is 2.06. The Balaban J connectivity index is 2.73. The van der Waals surface area contributed by atoms with E-state index in [1.807, 2.05) is 0 Å². The van der Waals surface area contributed by atoms with Crippen LogP contribution in [0.15, 0.2) is 17.5 Å². The summed E-state index contributed by atoms with van der Waals surface area (Å²) >= 11 is 1.30. The van der Waals surface area contributed by atoms with Crippen molar-refractivity contribution in [1.29, 1.82) is 0 Å². The van der Waals surface area contributed by atoms with E-state index in [1.54, 1.807) is 18.6 Å². The lowest BCUT2D eigenvalue weighted by atomic mass is 10.1. The van der Waals surface area contributed by atoms with Gasteiger partial charge in [-0.05, 0) is 17.7 Å². The minimum Gasteiger partial charge on any atom is -0.495 e. The van der Waals surface area contributed by atoms with Gasteiger partial charge < -0.3 is 9.84 Å². The number of ether oxygens (including phenoxy) is 1. The first kappa shape index (κ1) is 9.43. The summed E-state index contributed by atoms with van der Waals surface area (Å²) in [4.78, 5) is 0. The molecule has 0 radical (unpaired) electrons. The van der Waals surface area contributed by atoms with Crippen LogP contribution in [-0.2, 0) is 6.61 Å². The largest absolute Gasteiger partial charge is 0.495 e. The molecule has 1 aromatic heterocycles. The molecule has 0 atom stereocenters. The molecular formula is C10H9FO2S. The van der Waals surface area contributed by atoms with Gasteiger partial charge in [-0.25, -0.2) is 4.39 Å².